The molecule has 0 aromatic rings. The van der Waals surface area contributed by atoms with Crippen LogP contribution in [0.25, 0.3) is 0 Å². The topological polar surface area (TPSA) is 15.8 Å². The largest absolute Gasteiger partial charge is 0.350 e. The van der Waals surface area contributed by atoms with E-state index in [-0.39, 0.29) is 5.72 Å². The molecule has 2 heteroatoms. The Morgan fingerprint density at radius 3 is 2.22 bits per heavy atom. The van der Waals surface area contributed by atoms with Crippen LogP contribution in [0, 0.1) is 0 Å². The summed E-state index contributed by atoms with van der Waals surface area (Å²) >= 11 is 0. The first kappa shape index (κ1) is 7.03. The van der Waals surface area contributed by atoms with E-state index in [1.54, 1.807) is 0 Å². The van der Waals surface area contributed by atoms with Crippen molar-refractivity contribution in [1.29, 1.82) is 0 Å². The molecule has 1 rings (SSSR count). The standard InChI is InChI=1S/C7H15NO/c1-5-6-7(2,9-6)8(3)4/h6H,5H2,1-4H3. The highest BCUT2D eigenvalue weighted by Gasteiger charge is 2.52. The lowest BCUT2D eigenvalue weighted by atomic mass is 10.2. The molecule has 0 aromatic heterocycles. The Morgan fingerprint density at radius 2 is 2.11 bits per heavy atom. The molecule has 2 unspecified atom stereocenters. The summed E-state index contributed by atoms with van der Waals surface area (Å²) in [5, 5.41) is 0. The van der Waals surface area contributed by atoms with Gasteiger partial charge in [0.2, 0.25) is 0 Å². The predicted octanol–water partition coefficient (Wildman–Crippen LogP) is 1.07. The van der Waals surface area contributed by atoms with Crippen LogP contribution in [0.4, 0.5) is 0 Å². The highest BCUT2D eigenvalue weighted by molar-refractivity contribution is 4.95. The Bertz CT molecular complexity index is 113. The second kappa shape index (κ2) is 1.96. The summed E-state index contributed by atoms with van der Waals surface area (Å²) in [7, 11) is 4.10. The Morgan fingerprint density at radius 1 is 1.56 bits per heavy atom. The first-order valence-corrected chi connectivity index (χ1v) is 3.46. The monoisotopic (exact) mass is 129 g/mol. The maximum Gasteiger partial charge on any atom is 0.145 e. The Hall–Kier alpha value is -0.0800. The van der Waals surface area contributed by atoms with Crippen LogP contribution in [-0.4, -0.2) is 30.8 Å². The fourth-order valence-electron chi connectivity index (χ4n) is 1.11. The van der Waals surface area contributed by atoms with Crippen LogP contribution >= 0.6 is 0 Å². The van der Waals surface area contributed by atoms with E-state index < -0.39 is 0 Å². The van der Waals surface area contributed by atoms with Crippen molar-refractivity contribution in [2.75, 3.05) is 14.1 Å². The van der Waals surface area contributed by atoms with Crippen molar-refractivity contribution in [3.05, 3.63) is 0 Å². The summed E-state index contributed by atoms with van der Waals surface area (Å²) < 4.78 is 5.44. The summed E-state index contributed by atoms with van der Waals surface area (Å²) in [6.45, 7) is 4.28. The molecule has 9 heavy (non-hydrogen) atoms. The van der Waals surface area contributed by atoms with Crippen LogP contribution in [-0.2, 0) is 4.74 Å². The summed E-state index contributed by atoms with van der Waals surface area (Å²) in [4.78, 5) is 2.13. The van der Waals surface area contributed by atoms with Gasteiger partial charge < -0.3 is 4.74 Å². The molecule has 1 heterocycles. The van der Waals surface area contributed by atoms with Crippen molar-refractivity contribution in [3.63, 3.8) is 0 Å². The van der Waals surface area contributed by atoms with Gasteiger partial charge in [-0.1, -0.05) is 6.92 Å². The van der Waals surface area contributed by atoms with E-state index >= 15 is 0 Å². The summed E-state index contributed by atoms with van der Waals surface area (Å²) in [5.74, 6) is 0. The van der Waals surface area contributed by atoms with Gasteiger partial charge in [0.15, 0.2) is 0 Å². The van der Waals surface area contributed by atoms with E-state index in [0.29, 0.717) is 6.10 Å². The van der Waals surface area contributed by atoms with Crippen molar-refractivity contribution < 1.29 is 4.74 Å². The number of hydrogen-bond donors (Lipinski definition) is 0. The van der Waals surface area contributed by atoms with E-state index in [1.165, 1.54) is 0 Å². The van der Waals surface area contributed by atoms with Gasteiger partial charge in [0.1, 0.15) is 11.8 Å². The highest BCUT2D eigenvalue weighted by atomic mass is 16.6. The van der Waals surface area contributed by atoms with Crippen LogP contribution in [0.1, 0.15) is 20.3 Å². The maximum absolute atomic E-state index is 5.44. The van der Waals surface area contributed by atoms with Gasteiger partial charge in [-0.25, -0.2) is 0 Å². The third-order valence-corrected chi connectivity index (χ3v) is 2.18. The molecule has 1 aliphatic rings. The number of nitrogens with zero attached hydrogens (tertiary/aromatic N) is 1. The number of likely N-dealkylation sites (N-methyl/N-ethyl adjacent to an activating group) is 1. The molecule has 0 N–H and O–H groups in total. The molecule has 54 valence electrons. The van der Waals surface area contributed by atoms with Crippen molar-refractivity contribution in [2.45, 2.75) is 32.1 Å². The van der Waals surface area contributed by atoms with Crippen molar-refractivity contribution in [2.24, 2.45) is 0 Å². The maximum atomic E-state index is 5.44. The Kier molecular flexibility index (Phi) is 1.53. The van der Waals surface area contributed by atoms with Crippen LogP contribution < -0.4 is 0 Å². The van der Waals surface area contributed by atoms with Gasteiger partial charge in [-0.15, -0.1) is 0 Å². The minimum Gasteiger partial charge on any atom is -0.350 e. The zero-order valence-electron chi connectivity index (χ0n) is 6.64. The molecule has 0 spiro atoms. The third-order valence-electron chi connectivity index (χ3n) is 2.18. The lowest BCUT2D eigenvalue weighted by Crippen LogP contribution is -2.30. The van der Waals surface area contributed by atoms with Crippen molar-refractivity contribution in [1.82, 2.24) is 4.90 Å². The average molecular weight is 129 g/mol. The van der Waals surface area contributed by atoms with Crippen LogP contribution in [0.15, 0.2) is 0 Å². The van der Waals surface area contributed by atoms with Gasteiger partial charge in [-0.2, -0.15) is 0 Å². The fourth-order valence-corrected chi connectivity index (χ4v) is 1.11. The van der Waals surface area contributed by atoms with E-state index in [2.05, 4.69) is 32.8 Å². The lowest BCUT2D eigenvalue weighted by molar-refractivity contribution is 0.150. The average Bonchev–Trinajstić information content (AvgIpc) is 2.44. The van der Waals surface area contributed by atoms with Gasteiger partial charge in [-0.3, -0.25) is 4.90 Å². The normalized spacial score (nSPS) is 41.7. The second-order valence-corrected chi connectivity index (χ2v) is 2.96. The fraction of sp³-hybridized carbons (Fsp3) is 1.00. The third kappa shape index (κ3) is 0.970. The number of hydrogen-bond acceptors (Lipinski definition) is 2. The van der Waals surface area contributed by atoms with Gasteiger partial charge in [0, 0.05) is 0 Å². The molecule has 0 radical (unpaired) electrons. The number of epoxide rings is 1. The first-order chi connectivity index (χ1) is 4.11. The Balaban J connectivity index is 2.42. The minimum atomic E-state index is 0.0503. The molecular weight excluding hydrogens is 114 g/mol. The van der Waals surface area contributed by atoms with E-state index in [9.17, 15) is 0 Å². The van der Waals surface area contributed by atoms with E-state index in [4.69, 9.17) is 4.74 Å². The van der Waals surface area contributed by atoms with Gasteiger partial charge in [0.05, 0.1) is 0 Å². The van der Waals surface area contributed by atoms with Crippen molar-refractivity contribution >= 4 is 0 Å². The molecule has 0 aliphatic carbocycles. The Labute approximate surface area is 56.8 Å². The first-order valence-electron chi connectivity index (χ1n) is 3.46. The van der Waals surface area contributed by atoms with Crippen LogP contribution in [0.2, 0.25) is 0 Å². The zero-order valence-corrected chi connectivity index (χ0v) is 6.64. The summed E-state index contributed by atoms with van der Waals surface area (Å²) in [6, 6.07) is 0. The molecule has 0 amide bonds. The zero-order chi connectivity index (χ0) is 7.07. The van der Waals surface area contributed by atoms with Gasteiger partial charge in [-0.05, 0) is 27.4 Å². The van der Waals surface area contributed by atoms with E-state index in [0.717, 1.165) is 6.42 Å². The summed E-state index contributed by atoms with van der Waals surface area (Å²) in [5.41, 5.74) is 0.0503. The lowest BCUT2D eigenvalue weighted by Gasteiger charge is -2.14. The van der Waals surface area contributed by atoms with Crippen LogP contribution in [0.3, 0.4) is 0 Å². The quantitative estimate of drug-likeness (QED) is 0.518. The molecule has 0 aromatic carbocycles. The number of ether oxygens (including phenoxy) is 1. The predicted molar refractivity (Wildman–Crippen MR) is 37.3 cm³/mol. The van der Waals surface area contributed by atoms with Gasteiger partial charge >= 0.3 is 0 Å². The molecule has 0 saturated carbocycles. The smallest absolute Gasteiger partial charge is 0.145 e. The minimum absolute atomic E-state index is 0.0503. The molecule has 2 atom stereocenters. The van der Waals surface area contributed by atoms with Crippen LogP contribution in [0.5, 0.6) is 0 Å². The SMILES string of the molecule is CCC1OC1(C)N(C)C. The molecule has 1 saturated heterocycles. The van der Waals surface area contributed by atoms with Gasteiger partial charge in [0.25, 0.3) is 0 Å². The van der Waals surface area contributed by atoms with Crippen molar-refractivity contribution in [3.8, 4) is 0 Å². The second-order valence-electron chi connectivity index (χ2n) is 2.96. The molecule has 1 aliphatic heterocycles. The molecular formula is C7H15NO. The number of rotatable bonds is 2. The molecule has 1 fully saturated rings. The van der Waals surface area contributed by atoms with E-state index in [1.807, 2.05) is 0 Å². The molecule has 2 nitrogen and oxygen atoms in total. The highest BCUT2D eigenvalue weighted by Crippen LogP contribution is 2.39. The molecule has 0 bridgehead atoms. The summed E-state index contributed by atoms with van der Waals surface area (Å²) in [6.07, 6.45) is 1.58.